The Kier molecular flexibility index (Phi) is 52.7. The fourth-order valence-corrected chi connectivity index (χ4v) is 8.54. The predicted octanol–water partition coefficient (Wildman–Crippen LogP) is 19.1. The summed E-state index contributed by atoms with van der Waals surface area (Å²) in [6, 6.07) is 0. The van der Waals surface area contributed by atoms with Gasteiger partial charge in [-0.25, -0.2) is 0 Å². The van der Waals surface area contributed by atoms with Gasteiger partial charge < -0.3 is 14.2 Å². The SMILES string of the molecule is CCCC/C=C\CCCCCCCC(=O)OC[C@H](COC(=O)CCCCCCCCCCCCCCCCCCCCCCC)OC(=O)CCCCCCC/C=C\CCCCCCCC. The first kappa shape index (κ1) is 62.9. The van der Waals surface area contributed by atoms with Gasteiger partial charge in [0.05, 0.1) is 0 Å². The summed E-state index contributed by atoms with van der Waals surface area (Å²) in [5.74, 6) is -0.874. The van der Waals surface area contributed by atoms with Gasteiger partial charge in [0.1, 0.15) is 13.2 Å². The number of ether oxygens (including phenoxy) is 3. The smallest absolute Gasteiger partial charge is 0.306 e. The monoisotopic (exact) mass is 915 g/mol. The largest absolute Gasteiger partial charge is 0.462 e. The minimum atomic E-state index is -0.774. The lowest BCUT2D eigenvalue weighted by Crippen LogP contribution is -2.30. The molecule has 6 nitrogen and oxygen atoms in total. The van der Waals surface area contributed by atoms with Gasteiger partial charge in [0.15, 0.2) is 6.10 Å². The van der Waals surface area contributed by atoms with Crippen molar-refractivity contribution in [3.05, 3.63) is 24.3 Å². The molecule has 0 saturated carbocycles. The molecule has 0 bridgehead atoms. The molecule has 0 aliphatic heterocycles. The summed E-state index contributed by atoms with van der Waals surface area (Å²) in [6.07, 6.45) is 63.2. The zero-order valence-corrected chi connectivity index (χ0v) is 43.8. The summed E-state index contributed by atoms with van der Waals surface area (Å²) >= 11 is 0. The van der Waals surface area contributed by atoms with Crippen LogP contribution in [0.25, 0.3) is 0 Å². The third-order valence-electron chi connectivity index (χ3n) is 12.9. The molecule has 0 amide bonds. The summed E-state index contributed by atoms with van der Waals surface area (Å²) in [6.45, 7) is 6.63. The Morgan fingerprint density at radius 3 is 0.815 bits per heavy atom. The standard InChI is InChI=1S/C59H110O6/c1-4-7-10-13-16-19-22-24-26-27-28-29-30-31-33-34-37-40-43-46-49-52-58(61)64-55-56(54-63-57(60)51-48-45-42-39-36-21-18-15-12-9-6-3)65-59(62)53-50-47-44-41-38-35-32-25-23-20-17-14-11-8-5-2/h15,18,25,32,56H,4-14,16-17,19-24,26-31,33-55H2,1-3H3/b18-15-,32-25-/t56-/m1/s1. The topological polar surface area (TPSA) is 78.9 Å². The molecule has 0 unspecified atom stereocenters. The quantitative estimate of drug-likeness (QED) is 0.0262. The molecule has 0 aliphatic rings. The third-order valence-corrected chi connectivity index (χ3v) is 12.9. The first-order valence-corrected chi connectivity index (χ1v) is 28.8. The summed E-state index contributed by atoms with van der Waals surface area (Å²) in [7, 11) is 0. The van der Waals surface area contributed by atoms with Crippen molar-refractivity contribution in [3.8, 4) is 0 Å². The van der Waals surface area contributed by atoms with Crippen LogP contribution in [0.5, 0.6) is 0 Å². The molecule has 0 radical (unpaired) electrons. The van der Waals surface area contributed by atoms with Gasteiger partial charge in [-0.05, 0) is 64.2 Å². The minimum Gasteiger partial charge on any atom is -0.462 e. The maximum Gasteiger partial charge on any atom is 0.306 e. The van der Waals surface area contributed by atoms with Crippen LogP contribution in [0.3, 0.4) is 0 Å². The molecule has 6 heteroatoms. The van der Waals surface area contributed by atoms with Crippen molar-refractivity contribution < 1.29 is 28.6 Å². The van der Waals surface area contributed by atoms with Crippen LogP contribution in [0.1, 0.15) is 316 Å². The van der Waals surface area contributed by atoms with Crippen LogP contribution in [0.4, 0.5) is 0 Å². The second kappa shape index (κ2) is 54.5. The highest BCUT2D eigenvalue weighted by atomic mass is 16.6. The molecule has 0 aromatic heterocycles. The number of hydrogen-bond acceptors (Lipinski definition) is 6. The molecule has 0 N–H and O–H groups in total. The molecule has 0 heterocycles. The van der Waals surface area contributed by atoms with Crippen LogP contribution in [0.15, 0.2) is 24.3 Å². The molecule has 0 aromatic carbocycles. The van der Waals surface area contributed by atoms with Crippen molar-refractivity contribution in [2.45, 2.75) is 322 Å². The number of unbranched alkanes of at least 4 members (excludes halogenated alkanes) is 38. The van der Waals surface area contributed by atoms with Crippen LogP contribution < -0.4 is 0 Å². The lowest BCUT2D eigenvalue weighted by Gasteiger charge is -2.18. The Morgan fingerprint density at radius 1 is 0.292 bits per heavy atom. The van der Waals surface area contributed by atoms with Crippen molar-refractivity contribution in [2.75, 3.05) is 13.2 Å². The predicted molar refractivity (Wildman–Crippen MR) is 279 cm³/mol. The molecule has 0 saturated heterocycles. The van der Waals surface area contributed by atoms with Gasteiger partial charge in [-0.3, -0.25) is 14.4 Å². The molecule has 65 heavy (non-hydrogen) atoms. The summed E-state index contributed by atoms with van der Waals surface area (Å²) in [5, 5.41) is 0. The van der Waals surface area contributed by atoms with Crippen LogP contribution in [0, 0.1) is 0 Å². The zero-order valence-electron chi connectivity index (χ0n) is 43.8. The van der Waals surface area contributed by atoms with Crippen molar-refractivity contribution >= 4 is 17.9 Å². The molecule has 0 spiro atoms. The van der Waals surface area contributed by atoms with Gasteiger partial charge in [0.25, 0.3) is 0 Å². The van der Waals surface area contributed by atoms with Gasteiger partial charge in [0, 0.05) is 19.3 Å². The van der Waals surface area contributed by atoms with E-state index in [1.165, 1.54) is 205 Å². The van der Waals surface area contributed by atoms with E-state index in [1.54, 1.807) is 0 Å². The first-order valence-electron chi connectivity index (χ1n) is 28.8. The molecule has 0 aromatic rings. The zero-order chi connectivity index (χ0) is 47.2. The van der Waals surface area contributed by atoms with Crippen LogP contribution in [-0.2, 0) is 28.6 Å². The minimum absolute atomic E-state index is 0.0730. The van der Waals surface area contributed by atoms with Crippen LogP contribution in [0.2, 0.25) is 0 Å². The highest BCUT2D eigenvalue weighted by molar-refractivity contribution is 5.71. The molecular weight excluding hydrogens is 805 g/mol. The highest BCUT2D eigenvalue weighted by Gasteiger charge is 2.19. The fourth-order valence-electron chi connectivity index (χ4n) is 8.54. The Labute approximate surface area is 404 Å². The Hall–Kier alpha value is -2.11. The van der Waals surface area contributed by atoms with Crippen molar-refractivity contribution in [1.82, 2.24) is 0 Å². The molecule has 382 valence electrons. The first-order chi connectivity index (χ1) is 32.0. The average molecular weight is 916 g/mol. The van der Waals surface area contributed by atoms with E-state index in [2.05, 4.69) is 45.1 Å². The molecule has 1 atom stereocenters. The van der Waals surface area contributed by atoms with E-state index in [9.17, 15) is 14.4 Å². The summed E-state index contributed by atoms with van der Waals surface area (Å²) in [4.78, 5) is 38.1. The lowest BCUT2D eigenvalue weighted by atomic mass is 10.0. The van der Waals surface area contributed by atoms with Crippen LogP contribution >= 0.6 is 0 Å². The Bertz CT molecular complexity index is 1050. The van der Waals surface area contributed by atoms with Gasteiger partial charge in [-0.2, -0.15) is 0 Å². The van der Waals surface area contributed by atoms with E-state index in [1.807, 2.05) is 0 Å². The maximum atomic E-state index is 12.8. The third kappa shape index (κ3) is 52.7. The average Bonchev–Trinajstić information content (AvgIpc) is 3.30. The maximum absolute atomic E-state index is 12.8. The molecule has 0 fully saturated rings. The van der Waals surface area contributed by atoms with Crippen LogP contribution in [-0.4, -0.2) is 37.2 Å². The van der Waals surface area contributed by atoms with Crippen molar-refractivity contribution in [3.63, 3.8) is 0 Å². The van der Waals surface area contributed by atoms with E-state index in [-0.39, 0.29) is 31.1 Å². The van der Waals surface area contributed by atoms with Crippen molar-refractivity contribution in [1.29, 1.82) is 0 Å². The lowest BCUT2D eigenvalue weighted by molar-refractivity contribution is -0.167. The van der Waals surface area contributed by atoms with E-state index in [0.717, 1.165) is 70.6 Å². The second-order valence-corrected chi connectivity index (χ2v) is 19.6. The Morgan fingerprint density at radius 2 is 0.523 bits per heavy atom. The van der Waals surface area contributed by atoms with E-state index in [4.69, 9.17) is 14.2 Å². The highest BCUT2D eigenvalue weighted by Crippen LogP contribution is 2.17. The van der Waals surface area contributed by atoms with Gasteiger partial charge >= 0.3 is 17.9 Å². The normalized spacial score (nSPS) is 12.1. The number of carbonyl (C=O) groups excluding carboxylic acids is 3. The fraction of sp³-hybridized carbons (Fsp3) is 0.881. The summed E-state index contributed by atoms with van der Waals surface area (Å²) < 4.78 is 16.8. The van der Waals surface area contributed by atoms with Gasteiger partial charge in [0.2, 0.25) is 0 Å². The number of allylic oxidation sites excluding steroid dienone is 4. The summed E-state index contributed by atoms with van der Waals surface area (Å²) in [5.41, 5.74) is 0. The molecular formula is C59H110O6. The second-order valence-electron chi connectivity index (χ2n) is 19.6. The number of hydrogen-bond donors (Lipinski definition) is 0. The number of rotatable bonds is 53. The van der Waals surface area contributed by atoms with Gasteiger partial charge in [-0.15, -0.1) is 0 Å². The number of carbonyl (C=O) groups is 3. The Balaban J connectivity index is 4.25. The van der Waals surface area contributed by atoms with E-state index < -0.39 is 6.10 Å². The van der Waals surface area contributed by atoms with Crippen molar-refractivity contribution in [2.24, 2.45) is 0 Å². The number of esters is 3. The van der Waals surface area contributed by atoms with Gasteiger partial charge in [-0.1, -0.05) is 257 Å². The molecule has 0 aliphatic carbocycles. The van der Waals surface area contributed by atoms with E-state index in [0.29, 0.717) is 19.3 Å². The molecule has 0 rings (SSSR count). The van der Waals surface area contributed by atoms with E-state index >= 15 is 0 Å².